The van der Waals surface area contributed by atoms with Gasteiger partial charge in [-0.1, -0.05) is 24.3 Å². The third-order valence-electron chi connectivity index (χ3n) is 4.95. The number of carbonyl (C=O) groups is 2. The molecule has 2 aliphatic heterocycles. The Hall–Kier alpha value is -2.47. The quantitative estimate of drug-likeness (QED) is 0.835. The first-order valence-corrected chi connectivity index (χ1v) is 8.12. The molecule has 24 heavy (non-hydrogen) atoms. The normalized spacial score (nSPS) is 23.6. The Bertz CT molecular complexity index is 802. The van der Waals surface area contributed by atoms with Gasteiger partial charge in [0.2, 0.25) is 5.91 Å². The van der Waals surface area contributed by atoms with E-state index in [-0.39, 0.29) is 30.5 Å². The van der Waals surface area contributed by atoms with Crippen LogP contribution >= 0.6 is 0 Å². The van der Waals surface area contributed by atoms with Crippen LogP contribution in [0.2, 0.25) is 0 Å². The number of ether oxygens (including phenoxy) is 1. The molecule has 6 nitrogen and oxygen atoms in total. The van der Waals surface area contributed by atoms with Crippen molar-refractivity contribution in [3.63, 3.8) is 0 Å². The second kappa shape index (κ2) is 5.87. The van der Waals surface area contributed by atoms with Crippen molar-refractivity contribution in [2.75, 3.05) is 26.7 Å². The summed E-state index contributed by atoms with van der Waals surface area (Å²) in [4.78, 5) is 33.1. The molecule has 0 spiro atoms. The van der Waals surface area contributed by atoms with Crippen molar-refractivity contribution < 1.29 is 14.3 Å². The van der Waals surface area contributed by atoms with Crippen molar-refractivity contribution in [2.45, 2.75) is 18.6 Å². The van der Waals surface area contributed by atoms with Crippen LogP contribution in [0, 0.1) is 0 Å². The number of aromatic nitrogens is 1. The fourth-order valence-electron chi connectivity index (χ4n) is 3.69. The molecule has 2 amide bonds. The van der Waals surface area contributed by atoms with Crippen LogP contribution in [0.5, 0.6) is 0 Å². The fraction of sp³-hybridized carbons (Fsp3) is 0.389. The molecule has 2 atom stereocenters. The van der Waals surface area contributed by atoms with E-state index in [2.05, 4.69) is 4.98 Å². The van der Waals surface area contributed by atoms with Gasteiger partial charge >= 0.3 is 0 Å². The Morgan fingerprint density at radius 1 is 1.25 bits per heavy atom. The van der Waals surface area contributed by atoms with Crippen molar-refractivity contribution in [2.24, 2.45) is 0 Å². The van der Waals surface area contributed by atoms with Crippen LogP contribution in [0.15, 0.2) is 36.5 Å². The van der Waals surface area contributed by atoms with E-state index in [0.717, 1.165) is 17.2 Å². The van der Waals surface area contributed by atoms with E-state index in [1.54, 1.807) is 18.2 Å². The highest BCUT2D eigenvalue weighted by atomic mass is 16.5. The van der Waals surface area contributed by atoms with Crippen LogP contribution in [-0.2, 0) is 9.53 Å². The summed E-state index contributed by atoms with van der Waals surface area (Å²) >= 11 is 0. The van der Waals surface area contributed by atoms with Gasteiger partial charge < -0.3 is 14.5 Å². The van der Waals surface area contributed by atoms with Gasteiger partial charge in [0.05, 0.1) is 12.1 Å². The van der Waals surface area contributed by atoms with Crippen LogP contribution < -0.4 is 0 Å². The molecule has 0 bridgehead atoms. The average Bonchev–Trinajstić information content (AvgIpc) is 3.04. The van der Waals surface area contributed by atoms with E-state index in [4.69, 9.17) is 4.74 Å². The van der Waals surface area contributed by atoms with Gasteiger partial charge in [-0.3, -0.25) is 14.6 Å². The summed E-state index contributed by atoms with van der Waals surface area (Å²) < 4.78 is 5.38. The summed E-state index contributed by atoms with van der Waals surface area (Å²) in [7, 11) is 1.66. The fourth-order valence-corrected chi connectivity index (χ4v) is 3.69. The lowest BCUT2D eigenvalue weighted by molar-refractivity contribution is -0.136. The van der Waals surface area contributed by atoms with Gasteiger partial charge in [-0.2, -0.15) is 0 Å². The predicted molar refractivity (Wildman–Crippen MR) is 88.6 cm³/mol. The first-order chi connectivity index (χ1) is 11.7. The molecule has 2 fully saturated rings. The number of benzene rings is 1. The Morgan fingerprint density at radius 3 is 2.92 bits per heavy atom. The molecule has 0 unspecified atom stereocenters. The standard InChI is InChI=1S/C18H19N3O3/c1-24-14-8-13-9-20(11-16(22)21(13)10-14)18(23)17-15-5-3-2-4-12(15)6-7-19-17/h2-7,13-14H,8-11H2,1H3/t13-,14-/m0/s1. The van der Waals surface area contributed by atoms with Gasteiger partial charge in [0.15, 0.2) is 0 Å². The third-order valence-corrected chi connectivity index (χ3v) is 4.95. The number of methoxy groups -OCH3 is 1. The maximum Gasteiger partial charge on any atom is 0.273 e. The topological polar surface area (TPSA) is 62.7 Å². The summed E-state index contributed by atoms with van der Waals surface area (Å²) in [5.41, 5.74) is 0.413. The third kappa shape index (κ3) is 2.43. The van der Waals surface area contributed by atoms with Crippen molar-refractivity contribution in [3.05, 3.63) is 42.2 Å². The van der Waals surface area contributed by atoms with Crippen molar-refractivity contribution >= 4 is 22.6 Å². The monoisotopic (exact) mass is 325 g/mol. The van der Waals surface area contributed by atoms with E-state index in [1.165, 1.54) is 0 Å². The van der Waals surface area contributed by atoms with E-state index < -0.39 is 0 Å². The van der Waals surface area contributed by atoms with E-state index in [9.17, 15) is 9.59 Å². The highest BCUT2D eigenvalue weighted by molar-refractivity contribution is 6.06. The van der Waals surface area contributed by atoms with Gasteiger partial charge in [-0.25, -0.2) is 0 Å². The van der Waals surface area contributed by atoms with E-state index in [1.807, 2.05) is 35.2 Å². The van der Waals surface area contributed by atoms with Crippen molar-refractivity contribution in [3.8, 4) is 0 Å². The largest absolute Gasteiger partial charge is 0.380 e. The minimum absolute atomic E-state index is 0.0145. The van der Waals surface area contributed by atoms with Gasteiger partial charge in [0.25, 0.3) is 5.91 Å². The van der Waals surface area contributed by atoms with Gasteiger partial charge in [-0.05, 0) is 17.9 Å². The molecule has 4 rings (SSSR count). The molecule has 124 valence electrons. The second-order valence-electron chi connectivity index (χ2n) is 6.36. The molecule has 2 aromatic rings. The summed E-state index contributed by atoms with van der Waals surface area (Å²) in [6.45, 7) is 1.26. The molecule has 0 saturated carbocycles. The molecule has 0 radical (unpaired) electrons. The number of pyridine rings is 1. The first kappa shape index (κ1) is 15.1. The SMILES string of the molecule is CO[C@H]1C[C@H]2CN(C(=O)c3nccc4ccccc34)CC(=O)N2C1. The van der Waals surface area contributed by atoms with E-state index >= 15 is 0 Å². The van der Waals surface area contributed by atoms with Crippen LogP contribution in [0.4, 0.5) is 0 Å². The number of hydrogen-bond acceptors (Lipinski definition) is 4. The van der Waals surface area contributed by atoms with Crippen LogP contribution in [0.1, 0.15) is 16.9 Å². The number of rotatable bonds is 2. The average molecular weight is 325 g/mol. The molecule has 3 heterocycles. The molecule has 0 N–H and O–H groups in total. The van der Waals surface area contributed by atoms with Crippen LogP contribution in [0.3, 0.4) is 0 Å². The highest BCUT2D eigenvalue weighted by Crippen LogP contribution is 2.26. The van der Waals surface area contributed by atoms with Gasteiger partial charge in [0, 0.05) is 31.8 Å². The summed E-state index contributed by atoms with van der Waals surface area (Å²) in [6, 6.07) is 9.60. The highest BCUT2D eigenvalue weighted by Gasteiger charge is 2.41. The summed E-state index contributed by atoms with van der Waals surface area (Å²) in [5.74, 6) is -0.194. The molecule has 2 saturated heterocycles. The van der Waals surface area contributed by atoms with Crippen LogP contribution in [-0.4, -0.2) is 65.5 Å². The van der Waals surface area contributed by atoms with E-state index in [0.29, 0.717) is 18.8 Å². The Kier molecular flexibility index (Phi) is 3.69. The zero-order chi connectivity index (χ0) is 16.7. The first-order valence-electron chi connectivity index (χ1n) is 8.12. The lowest BCUT2D eigenvalue weighted by Crippen LogP contribution is -2.55. The minimum Gasteiger partial charge on any atom is -0.380 e. The Labute approximate surface area is 140 Å². The maximum absolute atomic E-state index is 13.0. The molecule has 1 aromatic carbocycles. The Morgan fingerprint density at radius 2 is 2.08 bits per heavy atom. The molecule has 1 aromatic heterocycles. The number of hydrogen-bond donors (Lipinski definition) is 0. The summed E-state index contributed by atoms with van der Waals surface area (Å²) in [5, 5.41) is 1.79. The molecule has 2 aliphatic rings. The van der Waals surface area contributed by atoms with Crippen LogP contribution in [0.25, 0.3) is 10.8 Å². The Balaban J connectivity index is 1.62. The predicted octanol–water partition coefficient (Wildman–Crippen LogP) is 1.31. The number of carbonyl (C=O) groups excluding carboxylic acids is 2. The number of fused-ring (bicyclic) bond motifs is 2. The van der Waals surface area contributed by atoms with Gasteiger partial charge in [0.1, 0.15) is 12.2 Å². The maximum atomic E-state index is 13.0. The molecular weight excluding hydrogens is 306 g/mol. The number of amides is 2. The molecular formula is C18H19N3O3. The second-order valence-corrected chi connectivity index (χ2v) is 6.36. The van der Waals surface area contributed by atoms with Gasteiger partial charge in [-0.15, -0.1) is 0 Å². The zero-order valence-electron chi connectivity index (χ0n) is 13.5. The smallest absolute Gasteiger partial charge is 0.273 e. The number of piperazine rings is 1. The lowest BCUT2D eigenvalue weighted by Gasteiger charge is -2.36. The van der Waals surface area contributed by atoms with Crippen molar-refractivity contribution in [1.29, 1.82) is 0 Å². The molecule has 0 aliphatic carbocycles. The number of nitrogens with zero attached hydrogens (tertiary/aromatic N) is 3. The van der Waals surface area contributed by atoms with Crippen molar-refractivity contribution in [1.82, 2.24) is 14.8 Å². The zero-order valence-corrected chi connectivity index (χ0v) is 13.5. The summed E-state index contributed by atoms with van der Waals surface area (Å²) in [6.07, 6.45) is 2.48. The molecule has 6 heteroatoms. The lowest BCUT2D eigenvalue weighted by atomic mass is 10.1. The minimum atomic E-state index is -0.180.